The van der Waals surface area contributed by atoms with Gasteiger partial charge in [-0.25, -0.2) is 0 Å². The summed E-state index contributed by atoms with van der Waals surface area (Å²) in [5.41, 5.74) is 7.49. The fraction of sp³-hybridized carbons (Fsp3) is 0.379. The lowest BCUT2D eigenvalue weighted by atomic mass is 9.82. The van der Waals surface area contributed by atoms with Gasteiger partial charge in [-0.05, 0) is 75.8 Å². The van der Waals surface area contributed by atoms with E-state index in [4.69, 9.17) is 0 Å². The van der Waals surface area contributed by atoms with E-state index in [2.05, 4.69) is 112 Å². The maximum absolute atomic E-state index is 10.7. The summed E-state index contributed by atoms with van der Waals surface area (Å²) in [5, 5.41) is 10.7. The zero-order valence-electron chi connectivity index (χ0n) is 20.1. The van der Waals surface area contributed by atoms with E-state index in [0.717, 1.165) is 15.6 Å². The van der Waals surface area contributed by atoms with E-state index < -0.39 is 5.60 Å². The van der Waals surface area contributed by atoms with Gasteiger partial charge in [0.25, 0.3) is 0 Å². The Bertz CT molecular complexity index is 1070. The Hall–Kier alpha value is -1.90. The Kier molecular flexibility index (Phi) is 6.30. The predicted molar refractivity (Wildman–Crippen MR) is 138 cm³/mol. The van der Waals surface area contributed by atoms with Crippen LogP contribution in [0.4, 0.5) is 0 Å². The molecule has 0 heterocycles. The van der Waals surface area contributed by atoms with E-state index in [1.165, 1.54) is 27.8 Å². The van der Waals surface area contributed by atoms with Crippen LogP contribution in [0.15, 0.2) is 65.1 Å². The predicted octanol–water partition coefficient (Wildman–Crippen LogP) is 8.61. The van der Waals surface area contributed by atoms with Crippen LogP contribution in [0.5, 0.6) is 0 Å². The van der Waals surface area contributed by atoms with Gasteiger partial charge in [0.15, 0.2) is 0 Å². The Morgan fingerprint density at radius 2 is 1.10 bits per heavy atom. The summed E-state index contributed by atoms with van der Waals surface area (Å²) < 4.78 is 0.923. The molecule has 2 heteroatoms. The quantitative estimate of drug-likeness (QED) is 0.399. The first-order valence-corrected chi connectivity index (χ1v) is 11.8. The molecule has 164 valence electrons. The monoisotopic (exact) mass is 478 g/mol. The molecule has 0 unspecified atom stereocenters. The summed E-state index contributed by atoms with van der Waals surface area (Å²) in [5.74, 6) is 0. The van der Waals surface area contributed by atoms with Gasteiger partial charge in [0.05, 0.1) is 5.60 Å². The number of aliphatic hydroxyl groups is 1. The molecular formula is C29H35BrO. The average Bonchev–Trinajstić information content (AvgIpc) is 2.66. The highest BCUT2D eigenvalue weighted by molar-refractivity contribution is 9.10. The first-order valence-electron chi connectivity index (χ1n) is 11.0. The molecule has 0 saturated heterocycles. The van der Waals surface area contributed by atoms with Gasteiger partial charge in [-0.2, -0.15) is 0 Å². The number of rotatable bonds is 3. The zero-order valence-corrected chi connectivity index (χ0v) is 21.7. The van der Waals surface area contributed by atoms with E-state index >= 15 is 0 Å². The Balaban J connectivity index is 2.23. The lowest BCUT2D eigenvalue weighted by Crippen LogP contribution is -2.16. The molecule has 1 nitrogen and oxygen atoms in total. The topological polar surface area (TPSA) is 20.2 Å². The molecule has 0 aliphatic heterocycles. The van der Waals surface area contributed by atoms with Gasteiger partial charge < -0.3 is 5.11 Å². The molecule has 0 amide bonds. The van der Waals surface area contributed by atoms with Gasteiger partial charge in [-0.1, -0.05) is 106 Å². The Labute approximate surface area is 196 Å². The highest BCUT2D eigenvalue weighted by Gasteiger charge is 2.22. The minimum absolute atomic E-state index is 0.0534. The number of halogens is 1. The molecular weight excluding hydrogens is 444 g/mol. The minimum Gasteiger partial charge on any atom is -0.386 e. The van der Waals surface area contributed by atoms with E-state index in [9.17, 15) is 5.11 Å². The summed E-state index contributed by atoms with van der Waals surface area (Å²) in [6, 6.07) is 22.0. The fourth-order valence-corrected chi connectivity index (χ4v) is 4.54. The first-order chi connectivity index (χ1) is 14.2. The first kappa shape index (κ1) is 23.8. The second-order valence-electron chi connectivity index (χ2n) is 11.1. The lowest BCUT2D eigenvalue weighted by Gasteiger charge is -2.24. The maximum Gasteiger partial charge on any atom is 0.0851 e. The molecule has 0 bridgehead atoms. The molecule has 0 fully saturated rings. The largest absolute Gasteiger partial charge is 0.386 e. The molecule has 0 aliphatic carbocycles. The SMILES string of the molecule is CC(C)(C)c1ccc(-c2ccc(C(C)(C)C)cc2-c2ccc(Br)c(C(C)(C)O)c2)cc1. The third kappa shape index (κ3) is 5.30. The van der Waals surface area contributed by atoms with Gasteiger partial charge in [0.2, 0.25) is 0 Å². The van der Waals surface area contributed by atoms with E-state index in [1.54, 1.807) is 0 Å². The number of hydrogen-bond donors (Lipinski definition) is 1. The molecule has 0 aliphatic rings. The van der Waals surface area contributed by atoms with Gasteiger partial charge in [0.1, 0.15) is 0 Å². The number of benzene rings is 3. The van der Waals surface area contributed by atoms with Gasteiger partial charge in [-0.15, -0.1) is 0 Å². The maximum atomic E-state index is 10.7. The standard InChI is InChI=1S/C29H35BrO/c1-27(2,3)21-12-9-19(10-13-21)23-15-14-22(28(4,5)6)18-24(23)20-11-16-26(30)25(17-20)29(7,8)31/h9-18,31H,1-8H3. The van der Waals surface area contributed by atoms with Crippen molar-refractivity contribution in [2.75, 3.05) is 0 Å². The van der Waals surface area contributed by atoms with Crippen LogP contribution in [0.25, 0.3) is 22.3 Å². The van der Waals surface area contributed by atoms with Crippen LogP contribution in [0.2, 0.25) is 0 Å². The number of hydrogen-bond acceptors (Lipinski definition) is 1. The molecule has 0 atom stereocenters. The van der Waals surface area contributed by atoms with Crippen molar-refractivity contribution >= 4 is 15.9 Å². The van der Waals surface area contributed by atoms with Crippen LogP contribution in [0, 0.1) is 0 Å². The van der Waals surface area contributed by atoms with Crippen molar-refractivity contribution < 1.29 is 5.11 Å². The summed E-state index contributed by atoms with van der Waals surface area (Å²) in [6.07, 6.45) is 0. The molecule has 3 aromatic carbocycles. The molecule has 31 heavy (non-hydrogen) atoms. The van der Waals surface area contributed by atoms with Crippen molar-refractivity contribution in [3.8, 4) is 22.3 Å². The molecule has 0 spiro atoms. The molecule has 0 radical (unpaired) electrons. The lowest BCUT2D eigenvalue weighted by molar-refractivity contribution is 0.0779. The van der Waals surface area contributed by atoms with Gasteiger partial charge in [0, 0.05) is 4.47 Å². The highest BCUT2D eigenvalue weighted by Crippen LogP contribution is 2.39. The summed E-state index contributed by atoms with van der Waals surface area (Å²) in [7, 11) is 0. The van der Waals surface area contributed by atoms with Crippen molar-refractivity contribution in [2.24, 2.45) is 0 Å². The Morgan fingerprint density at radius 1 is 0.581 bits per heavy atom. The molecule has 0 aromatic heterocycles. The second kappa shape index (κ2) is 8.22. The fourth-order valence-electron chi connectivity index (χ4n) is 3.81. The van der Waals surface area contributed by atoms with Gasteiger partial charge in [-0.3, -0.25) is 0 Å². The van der Waals surface area contributed by atoms with Crippen molar-refractivity contribution in [2.45, 2.75) is 71.8 Å². The average molecular weight is 480 g/mol. The van der Waals surface area contributed by atoms with Crippen LogP contribution >= 0.6 is 15.9 Å². The van der Waals surface area contributed by atoms with Crippen LogP contribution in [0.1, 0.15) is 72.1 Å². The van der Waals surface area contributed by atoms with Crippen LogP contribution < -0.4 is 0 Å². The molecule has 3 aromatic rings. The third-order valence-corrected chi connectivity index (χ3v) is 6.58. The van der Waals surface area contributed by atoms with Crippen LogP contribution in [-0.2, 0) is 16.4 Å². The molecule has 3 rings (SSSR count). The molecule has 1 N–H and O–H groups in total. The smallest absolute Gasteiger partial charge is 0.0851 e. The second-order valence-corrected chi connectivity index (χ2v) is 11.9. The van der Waals surface area contributed by atoms with Gasteiger partial charge >= 0.3 is 0 Å². The van der Waals surface area contributed by atoms with Crippen molar-refractivity contribution in [1.82, 2.24) is 0 Å². The van der Waals surface area contributed by atoms with Crippen molar-refractivity contribution in [3.63, 3.8) is 0 Å². The summed E-state index contributed by atoms with van der Waals surface area (Å²) >= 11 is 3.61. The Morgan fingerprint density at radius 3 is 1.61 bits per heavy atom. The zero-order chi connectivity index (χ0) is 23.2. The van der Waals surface area contributed by atoms with Crippen LogP contribution in [0.3, 0.4) is 0 Å². The minimum atomic E-state index is -0.926. The molecule has 0 saturated carbocycles. The normalized spacial score (nSPS) is 12.8. The van der Waals surface area contributed by atoms with Crippen LogP contribution in [-0.4, -0.2) is 5.11 Å². The van der Waals surface area contributed by atoms with E-state index in [0.29, 0.717) is 0 Å². The van der Waals surface area contributed by atoms with E-state index in [-0.39, 0.29) is 10.8 Å². The summed E-state index contributed by atoms with van der Waals surface area (Å²) in [4.78, 5) is 0. The van der Waals surface area contributed by atoms with Crippen molar-refractivity contribution in [1.29, 1.82) is 0 Å². The third-order valence-electron chi connectivity index (χ3n) is 5.88. The highest BCUT2D eigenvalue weighted by atomic mass is 79.9. The van der Waals surface area contributed by atoms with E-state index in [1.807, 2.05) is 19.9 Å². The van der Waals surface area contributed by atoms with Crippen molar-refractivity contribution in [3.05, 3.63) is 81.8 Å². The summed E-state index contributed by atoms with van der Waals surface area (Å²) in [6.45, 7) is 17.1.